The number of hydrogen-bond acceptors (Lipinski definition) is 3. The summed E-state index contributed by atoms with van der Waals surface area (Å²) < 4.78 is 15.8. The predicted octanol–water partition coefficient (Wildman–Crippen LogP) is 0.735. The summed E-state index contributed by atoms with van der Waals surface area (Å²) in [4.78, 5) is 17.5. The van der Waals surface area contributed by atoms with Gasteiger partial charge < -0.3 is 19.6 Å². The van der Waals surface area contributed by atoms with Crippen LogP contribution in [0.2, 0.25) is 0 Å². The third kappa shape index (κ3) is 4.95. The molecule has 3 N–H and O–H groups in total. The molecule has 0 heterocycles. The molecule has 6 heteroatoms. The lowest BCUT2D eigenvalue weighted by Crippen LogP contribution is -2.01. The van der Waals surface area contributed by atoms with Gasteiger partial charge in [-0.25, -0.2) is 0 Å². The van der Waals surface area contributed by atoms with Crippen molar-refractivity contribution >= 4 is 7.60 Å². The summed E-state index contributed by atoms with van der Waals surface area (Å²) in [5, 5.41) is 8.51. The van der Waals surface area contributed by atoms with Crippen molar-refractivity contribution in [1.82, 2.24) is 0 Å². The van der Waals surface area contributed by atoms with E-state index < -0.39 is 7.60 Å². The lowest BCUT2D eigenvalue weighted by atomic mass is 10.2. The Morgan fingerprint density at radius 2 is 1.80 bits per heavy atom. The van der Waals surface area contributed by atoms with Gasteiger partial charge in [-0.15, -0.1) is 0 Å². The second-order valence-corrected chi connectivity index (χ2v) is 4.68. The van der Waals surface area contributed by atoms with E-state index in [1.54, 1.807) is 24.3 Å². The van der Waals surface area contributed by atoms with Crippen LogP contribution in [0.3, 0.4) is 0 Å². The van der Waals surface area contributed by atoms with Gasteiger partial charge in [0, 0.05) is 0 Å². The van der Waals surface area contributed by atoms with Crippen molar-refractivity contribution in [3.63, 3.8) is 0 Å². The van der Waals surface area contributed by atoms with Crippen molar-refractivity contribution in [3.05, 3.63) is 29.8 Å². The van der Waals surface area contributed by atoms with E-state index in [9.17, 15) is 4.57 Å². The van der Waals surface area contributed by atoms with E-state index in [0.717, 1.165) is 0 Å². The highest BCUT2D eigenvalue weighted by molar-refractivity contribution is 7.50. The van der Waals surface area contributed by atoms with Crippen LogP contribution >= 0.6 is 7.60 Å². The fourth-order valence-electron chi connectivity index (χ4n) is 1.09. The minimum Gasteiger partial charge on any atom is -0.491 e. The summed E-state index contributed by atoms with van der Waals surface area (Å²) in [5.74, 6) is 0.568. The standard InChI is InChI=1S/C9H13O5P/c10-5-6-14-9-3-1-8(2-4-9)7-15(11,12)13/h1-4,10H,5-7H2,(H2,11,12,13). The molecule has 0 saturated carbocycles. The average Bonchev–Trinajstić information content (AvgIpc) is 2.14. The van der Waals surface area contributed by atoms with Crippen molar-refractivity contribution in [2.24, 2.45) is 0 Å². The first-order valence-electron chi connectivity index (χ1n) is 4.38. The fourth-order valence-corrected chi connectivity index (χ4v) is 1.78. The summed E-state index contributed by atoms with van der Waals surface area (Å²) >= 11 is 0. The zero-order valence-corrected chi connectivity index (χ0v) is 8.93. The molecule has 0 bridgehead atoms. The van der Waals surface area contributed by atoms with E-state index in [2.05, 4.69) is 0 Å². The summed E-state index contributed by atoms with van der Waals surface area (Å²) in [5.41, 5.74) is 0.555. The third-order valence-corrected chi connectivity index (χ3v) is 2.45. The van der Waals surface area contributed by atoms with Gasteiger partial charge in [-0.2, -0.15) is 0 Å². The summed E-state index contributed by atoms with van der Waals surface area (Å²) in [7, 11) is -4.00. The smallest absolute Gasteiger partial charge is 0.329 e. The van der Waals surface area contributed by atoms with Crippen molar-refractivity contribution in [1.29, 1.82) is 0 Å². The molecule has 0 aliphatic heterocycles. The normalized spacial score (nSPS) is 11.4. The Morgan fingerprint density at radius 3 is 2.27 bits per heavy atom. The number of hydrogen-bond donors (Lipinski definition) is 3. The highest BCUT2D eigenvalue weighted by Gasteiger charge is 2.13. The number of aliphatic hydroxyl groups excluding tert-OH is 1. The fraction of sp³-hybridized carbons (Fsp3) is 0.333. The number of ether oxygens (including phenoxy) is 1. The molecule has 1 aromatic rings. The summed E-state index contributed by atoms with van der Waals surface area (Å²) in [6.45, 7) is 0.141. The van der Waals surface area contributed by atoms with Gasteiger partial charge in [-0.1, -0.05) is 12.1 Å². The maximum Gasteiger partial charge on any atom is 0.329 e. The summed E-state index contributed by atoms with van der Waals surface area (Å²) in [6.07, 6.45) is -0.271. The van der Waals surface area contributed by atoms with Crippen LogP contribution in [-0.2, 0) is 10.7 Å². The second-order valence-electron chi connectivity index (χ2n) is 3.04. The molecular formula is C9H13O5P. The first-order chi connectivity index (χ1) is 7.01. The first kappa shape index (κ1) is 12.2. The molecule has 0 amide bonds. The molecule has 0 atom stereocenters. The molecule has 0 spiro atoms. The van der Waals surface area contributed by atoms with Crippen LogP contribution in [0.25, 0.3) is 0 Å². The highest BCUT2D eigenvalue weighted by atomic mass is 31.2. The van der Waals surface area contributed by atoms with Gasteiger partial charge in [0.25, 0.3) is 0 Å². The Balaban J connectivity index is 2.60. The van der Waals surface area contributed by atoms with Crippen molar-refractivity contribution in [2.45, 2.75) is 6.16 Å². The van der Waals surface area contributed by atoms with Crippen LogP contribution in [0.15, 0.2) is 24.3 Å². The van der Waals surface area contributed by atoms with Crippen LogP contribution < -0.4 is 4.74 Å². The van der Waals surface area contributed by atoms with Crippen molar-refractivity contribution in [3.8, 4) is 5.75 Å². The Bertz CT molecular complexity index is 342. The molecule has 0 aromatic heterocycles. The van der Waals surface area contributed by atoms with Gasteiger partial charge in [0.2, 0.25) is 0 Å². The Labute approximate surface area is 87.5 Å². The van der Waals surface area contributed by atoms with Crippen molar-refractivity contribution < 1.29 is 24.2 Å². The Kier molecular flexibility index (Phi) is 4.29. The average molecular weight is 232 g/mol. The van der Waals surface area contributed by atoms with Gasteiger partial charge in [-0.3, -0.25) is 4.57 Å². The van der Waals surface area contributed by atoms with Gasteiger partial charge >= 0.3 is 7.60 Å². The van der Waals surface area contributed by atoms with Crippen LogP contribution in [0, 0.1) is 0 Å². The molecule has 0 radical (unpaired) electrons. The van der Waals surface area contributed by atoms with E-state index in [-0.39, 0.29) is 19.4 Å². The molecule has 0 saturated heterocycles. The molecule has 15 heavy (non-hydrogen) atoms. The Hall–Kier alpha value is -0.870. The minimum absolute atomic E-state index is 0.0652. The largest absolute Gasteiger partial charge is 0.491 e. The van der Waals surface area contributed by atoms with E-state index in [1.807, 2.05) is 0 Å². The molecular weight excluding hydrogens is 219 g/mol. The van der Waals surface area contributed by atoms with Gasteiger partial charge in [0.05, 0.1) is 12.8 Å². The quantitative estimate of drug-likeness (QED) is 0.651. The monoisotopic (exact) mass is 232 g/mol. The lowest BCUT2D eigenvalue weighted by molar-refractivity contribution is 0.201. The van der Waals surface area contributed by atoms with Gasteiger partial charge in [0.15, 0.2) is 0 Å². The highest BCUT2D eigenvalue weighted by Crippen LogP contribution is 2.39. The van der Waals surface area contributed by atoms with Crippen molar-refractivity contribution in [2.75, 3.05) is 13.2 Å². The molecule has 0 unspecified atom stereocenters. The number of aliphatic hydroxyl groups is 1. The first-order valence-corrected chi connectivity index (χ1v) is 6.18. The topological polar surface area (TPSA) is 87.0 Å². The molecule has 0 aliphatic carbocycles. The maximum atomic E-state index is 10.7. The predicted molar refractivity (Wildman–Crippen MR) is 54.8 cm³/mol. The van der Waals surface area contributed by atoms with Gasteiger partial charge in [0.1, 0.15) is 12.4 Å². The number of rotatable bonds is 5. The molecule has 84 valence electrons. The van der Waals surface area contributed by atoms with Crippen LogP contribution in [0.5, 0.6) is 5.75 Å². The molecule has 5 nitrogen and oxygen atoms in total. The maximum absolute atomic E-state index is 10.7. The van der Waals surface area contributed by atoms with E-state index in [4.69, 9.17) is 19.6 Å². The van der Waals surface area contributed by atoms with Crippen LogP contribution in [0.4, 0.5) is 0 Å². The SMILES string of the molecule is O=P(O)(O)Cc1ccc(OCCO)cc1. The summed E-state index contributed by atoms with van der Waals surface area (Å²) in [6, 6.07) is 6.40. The molecule has 1 aromatic carbocycles. The van der Waals surface area contributed by atoms with Gasteiger partial charge in [-0.05, 0) is 17.7 Å². The third-order valence-electron chi connectivity index (χ3n) is 1.67. The minimum atomic E-state index is -4.00. The van der Waals surface area contributed by atoms with E-state index >= 15 is 0 Å². The zero-order chi connectivity index (χ0) is 11.3. The van der Waals surface area contributed by atoms with Crippen LogP contribution in [-0.4, -0.2) is 28.1 Å². The second kappa shape index (κ2) is 5.28. The Morgan fingerprint density at radius 1 is 1.20 bits per heavy atom. The van der Waals surface area contributed by atoms with E-state index in [1.165, 1.54) is 0 Å². The van der Waals surface area contributed by atoms with Crippen LogP contribution in [0.1, 0.15) is 5.56 Å². The zero-order valence-electron chi connectivity index (χ0n) is 8.04. The number of benzene rings is 1. The molecule has 0 aliphatic rings. The lowest BCUT2D eigenvalue weighted by Gasteiger charge is -2.06. The van der Waals surface area contributed by atoms with E-state index in [0.29, 0.717) is 11.3 Å². The molecule has 0 fully saturated rings. The molecule has 1 rings (SSSR count).